The van der Waals surface area contributed by atoms with Gasteiger partial charge in [-0.1, -0.05) is 28.1 Å². The number of halogens is 1. The highest BCUT2D eigenvalue weighted by atomic mass is 79.9. The molecule has 0 bridgehead atoms. The largest absolute Gasteiger partial charge is 0.506 e. The van der Waals surface area contributed by atoms with Gasteiger partial charge < -0.3 is 5.11 Å². The average Bonchev–Trinajstić information content (AvgIpc) is 2.40. The van der Waals surface area contributed by atoms with Crippen molar-refractivity contribution in [2.24, 2.45) is 4.99 Å². The van der Waals surface area contributed by atoms with Gasteiger partial charge in [-0.05, 0) is 35.9 Å². The van der Waals surface area contributed by atoms with Crippen LogP contribution in [0.15, 0.2) is 51.9 Å². The Hall–Kier alpha value is -2.12. The summed E-state index contributed by atoms with van der Waals surface area (Å²) in [7, 11) is 0. The molecule has 0 amide bonds. The number of aliphatic imine (C=N–C) groups is 1. The SMILES string of the molecule is N#Cc1ccc(C=Nc2cc(Br)ccc2O)cc1. The first-order chi connectivity index (χ1) is 8.69. The fourth-order valence-corrected chi connectivity index (χ4v) is 1.74. The molecule has 0 aliphatic rings. The normalized spacial score (nSPS) is 10.4. The summed E-state index contributed by atoms with van der Waals surface area (Å²) < 4.78 is 0.854. The van der Waals surface area contributed by atoms with Gasteiger partial charge in [0.25, 0.3) is 0 Å². The van der Waals surface area contributed by atoms with E-state index in [1.165, 1.54) is 0 Å². The number of benzene rings is 2. The van der Waals surface area contributed by atoms with Crippen molar-refractivity contribution in [1.29, 1.82) is 5.26 Å². The fraction of sp³-hybridized carbons (Fsp3) is 0. The first-order valence-electron chi connectivity index (χ1n) is 5.22. The monoisotopic (exact) mass is 300 g/mol. The molecule has 3 nitrogen and oxygen atoms in total. The first kappa shape index (κ1) is 12.3. The highest BCUT2D eigenvalue weighted by Gasteiger charge is 1.99. The molecule has 0 spiro atoms. The topological polar surface area (TPSA) is 56.4 Å². The molecule has 4 heteroatoms. The molecule has 2 aromatic rings. The van der Waals surface area contributed by atoms with Gasteiger partial charge in [0, 0.05) is 10.7 Å². The van der Waals surface area contributed by atoms with Crippen LogP contribution in [0.3, 0.4) is 0 Å². The second-order valence-corrected chi connectivity index (χ2v) is 4.54. The van der Waals surface area contributed by atoms with Gasteiger partial charge in [-0.2, -0.15) is 5.26 Å². The molecule has 0 unspecified atom stereocenters. The fourth-order valence-electron chi connectivity index (χ4n) is 1.39. The number of hydrogen-bond donors (Lipinski definition) is 1. The van der Waals surface area contributed by atoms with Gasteiger partial charge in [-0.25, -0.2) is 0 Å². The second kappa shape index (κ2) is 5.48. The van der Waals surface area contributed by atoms with Crippen molar-refractivity contribution in [3.63, 3.8) is 0 Å². The van der Waals surface area contributed by atoms with Gasteiger partial charge in [-0.3, -0.25) is 4.99 Å². The lowest BCUT2D eigenvalue weighted by Crippen LogP contribution is -1.81. The molecular formula is C14H9BrN2O. The predicted octanol–water partition coefficient (Wildman–Crippen LogP) is 3.78. The van der Waals surface area contributed by atoms with Crippen molar-refractivity contribution in [3.8, 4) is 11.8 Å². The van der Waals surface area contributed by atoms with Crippen LogP contribution in [-0.2, 0) is 0 Å². The van der Waals surface area contributed by atoms with Gasteiger partial charge in [0.15, 0.2) is 0 Å². The van der Waals surface area contributed by atoms with Gasteiger partial charge >= 0.3 is 0 Å². The lowest BCUT2D eigenvalue weighted by molar-refractivity contribution is 0.477. The average molecular weight is 301 g/mol. The molecule has 0 saturated heterocycles. The zero-order chi connectivity index (χ0) is 13.0. The van der Waals surface area contributed by atoms with Crippen LogP contribution in [0.2, 0.25) is 0 Å². The zero-order valence-corrected chi connectivity index (χ0v) is 10.9. The van der Waals surface area contributed by atoms with Gasteiger partial charge in [0.05, 0.1) is 11.6 Å². The zero-order valence-electron chi connectivity index (χ0n) is 9.34. The number of rotatable bonds is 2. The summed E-state index contributed by atoms with van der Waals surface area (Å²) in [6.07, 6.45) is 1.64. The van der Waals surface area contributed by atoms with E-state index in [0.717, 1.165) is 10.0 Å². The standard InChI is InChI=1S/C14H9BrN2O/c15-12-5-6-14(18)13(7-12)17-9-11-3-1-10(8-16)2-4-11/h1-7,9,18H. The molecule has 0 fully saturated rings. The highest BCUT2D eigenvalue weighted by Crippen LogP contribution is 2.29. The minimum absolute atomic E-state index is 0.128. The van der Waals surface area contributed by atoms with Crippen LogP contribution >= 0.6 is 15.9 Å². The van der Waals surface area contributed by atoms with Crippen molar-refractivity contribution in [3.05, 3.63) is 58.1 Å². The Kier molecular flexibility index (Phi) is 3.75. The van der Waals surface area contributed by atoms with E-state index >= 15 is 0 Å². The van der Waals surface area contributed by atoms with Gasteiger partial charge in [0.1, 0.15) is 11.4 Å². The number of nitrogens with zero attached hydrogens (tertiary/aromatic N) is 2. The van der Waals surface area contributed by atoms with E-state index in [1.54, 1.807) is 48.7 Å². The Balaban J connectivity index is 2.24. The summed E-state index contributed by atoms with van der Waals surface area (Å²) in [4.78, 5) is 4.20. The van der Waals surface area contributed by atoms with Gasteiger partial charge in [0.2, 0.25) is 0 Å². The van der Waals surface area contributed by atoms with Crippen LogP contribution in [0.1, 0.15) is 11.1 Å². The third kappa shape index (κ3) is 2.96. The maximum atomic E-state index is 9.62. The van der Waals surface area contributed by atoms with Crippen molar-refractivity contribution < 1.29 is 5.11 Å². The molecule has 0 aromatic heterocycles. The summed E-state index contributed by atoms with van der Waals surface area (Å²) in [5.41, 5.74) is 1.97. The number of aromatic hydroxyl groups is 1. The Bertz CT molecular complexity index is 627. The Labute approximate surface area is 113 Å². The molecule has 18 heavy (non-hydrogen) atoms. The summed E-state index contributed by atoms with van der Waals surface area (Å²) >= 11 is 3.32. The molecular weight excluding hydrogens is 292 g/mol. The lowest BCUT2D eigenvalue weighted by Gasteiger charge is -1.99. The van der Waals surface area contributed by atoms with Crippen molar-refractivity contribution in [2.45, 2.75) is 0 Å². The Morgan fingerprint density at radius 2 is 1.89 bits per heavy atom. The molecule has 88 valence electrons. The quantitative estimate of drug-likeness (QED) is 0.858. The molecule has 0 radical (unpaired) electrons. The predicted molar refractivity (Wildman–Crippen MR) is 74.2 cm³/mol. The Morgan fingerprint density at radius 3 is 2.56 bits per heavy atom. The summed E-state index contributed by atoms with van der Waals surface area (Å²) in [6.45, 7) is 0. The Morgan fingerprint density at radius 1 is 1.17 bits per heavy atom. The van der Waals surface area contributed by atoms with Crippen molar-refractivity contribution in [1.82, 2.24) is 0 Å². The molecule has 0 heterocycles. The second-order valence-electron chi connectivity index (χ2n) is 3.63. The van der Waals surface area contributed by atoms with E-state index < -0.39 is 0 Å². The number of hydrogen-bond acceptors (Lipinski definition) is 3. The van der Waals surface area contributed by atoms with Crippen LogP contribution in [-0.4, -0.2) is 11.3 Å². The molecule has 0 atom stereocenters. The lowest BCUT2D eigenvalue weighted by atomic mass is 10.2. The summed E-state index contributed by atoms with van der Waals surface area (Å²) in [6, 6.07) is 14.2. The summed E-state index contributed by atoms with van der Waals surface area (Å²) in [5.74, 6) is 0.128. The van der Waals surface area contributed by atoms with Crippen molar-refractivity contribution >= 4 is 27.8 Å². The third-order valence-electron chi connectivity index (χ3n) is 2.33. The van der Waals surface area contributed by atoms with Crippen LogP contribution in [0.25, 0.3) is 0 Å². The molecule has 0 saturated carbocycles. The van der Waals surface area contributed by atoms with Gasteiger partial charge in [-0.15, -0.1) is 0 Å². The van der Waals surface area contributed by atoms with E-state index in [4.69, 9.17) is 5.26 Å². The van der Waals surface area contributed by atoms with Crippen LogP contribution < -0.4 is 0 Å². The van der Waals surface area contributed by atoms with E-state index in [0.29, 0.717) is 11.3 Å². The highest BCUT2D eigenvalue weighted by molar-refractivity contribution is 9.10. The third-order valence-corrected chi connectivity index (χ3v) is 2.82. The number of phenolic OH excluding ortho intramolecular Hbond substituents is 1. The molecule has 0 aliphatic carbocycles. The molecule has 1 N–H and O–H groups in total. The van der Waals surface area contributed by atoms with E-state index in [-0.39, 0.29) is 5.75 Å². The first-order valence-corrected chi connectivity index (χ1v) is 6.01. The van der Waals surface area contributed by atoms with E-state index in [2.05, 4.69) is 27.0 Å². The van der Waals surface area contributed by atoms with Crippen LogP contribution in [0.5, 0.6) is 5.75 Å². The maximum Gasteiger partial charge on any atom is 0.141 e. The summed E-state index contributed by atoms with van der Waals surface area (Å²) in [5, 5.41) is 18.3. The van der Waals surface area contributed by atoms with Crippen LogP contribution in [0, 0.1) is 11.3 Å². The molecule has 0 aliphatic heterocycles. The minimum atomic E-state index is 0.128. The molecule has 2 rings (SSSR count). The minimum Gasteiger partial charge on any atom is -0.506 e. The maximum absolute atomic E-state index is 9.62. The van der Waals surface area contributed by atoms with E-state index in [9.17, 15) is 5.11 Å². The smallest absolute Gasteiger partial charge is 0.141 e. The van der Waals surface area contributed by atoms with Crippen molar-refractivity contribution in [2.75, 3.05) is 0 Å². The van der Waals surface area contributed by atoms with E-state index in [1.807, 2.05) is 0 Å². The number of phenols is 1. The molecule has 2 aromatic carbocycles. The van der Waals surface area contributed by atoms with Crippen LogP contribution in [0.4, 0.5) is 5.69 Å². The number of nitriles is 1.